The molecule has 9 heteroatoms. The molecule has 33 heavy (non-hydrogen) atoms. The first-order chi connectivity index (χ1) is 16.1. The van der Waals surface area contributed by atoms with Gasteiger partial charge in [-0.1, -0.05) is 58.9 Å². The number of halogens is 1. The van der Waals surface area contributed by atoms with Crippen LogP contribution in [0.1, 0.15) is 5.89 Å². The first-order valence-electron chi connectivity index (χ1n) is 10.00. The summed E-state index contributed by atoms with van der Waals surface area (Å²) in [5, 5.41) is 5.68. The summed E-state index contributed by atoms with van der Waals surface area (Å²) in [6, 6.07) is 21.8. The Hall–Kier alpha value is -3.62. The molecule has 164 valence electrons. The lowest BCUT2D eigenvalue weighted by molar-refractivity contribution is 0.391. The molecule has 0 amide bonds. The third-order valence-corrected chi connectivity index (χ3v) is 6.09. The minimum absolute atomic E-state index is 0.165. The molecule has 0 unspecified atom stereocenters. The van der Waals surface area contributed by atoms with E-state index in [2.05, 4.69) is 10.1 Å². The van der Waals surface area contributed by atoms with Gasteiger partial charge in [-0.25, -0.2) is 4.98 Å². The lowest BCUT2D eigenvalue weighted by atomic mass is 10.2. The Labute approximate surface area is 198 Å². The van der Waals surface area contributed by atoms with Crippen LogP contribution in [0.3, 0.4) is 0 Å². The van der Waals surface area contributed by atoms with E-state index in [1.165, 1.54) is 11.8 Å². The molecule has 3 aromatic carbocycles. The second-order valence-corrected chi connectivity index (χ2v) is 8.44. The van der Waals surface area contributed by atoms with Gasteiger partial charge in [0.05, 0.1) is 29.5 Å². The van der Waals surface area contributed by atoms with Gasteiger partial charge >= 0.3 is 0 Å². The highest BCUT2D eigenvalue weighted by molar-refractivity contribution is 7.98. The maximum atomic E-state index is 13.4. The van der Waals surface area contributed by atoms with Gasteiger partial charge in [-0.05, 0) is 36.4 Å². The van der Waals surface area contributed by atoms with Crippen LogP contribution in [0.5, 0.6) is 5.75 Å². The third kappa shape index (κ3) is 4.35. The summed E-state index contributed by atoms with van der Waals surface area (Å²) in [7, 11) is 1.59. The van der Waals surface area contributed by atoms with Crippen LogP contribution in [0.2, 0.25) is 5.02 Å². The molecule has 2 heterocycles. The first kappa shape index (κ1) is 21.2. The minimum atomic E-state index is -0.165. The summed E-state index contributed by atoms with van der Waals surface area (Å²) in [5.41, 5.74) is 1.88. The molecule has 5 aromatic rings. The lowest BCUT2D eigenvalue weighted by Gasteiger charge is -2.13. The average molecular weight is 477 g/mol. The molecule has 0 N–H and O–H groups in total. The van der Waals surface area contributed by atoms with E-state index < -0.39 is 0 Å². The smallest absolute Gasteiger partial charge is 0.266 e. The van der Waals surface area contributed by atoms with E-state index in [4.69, 9.17) is 25.8 Å². The maximum absolute atomic E-state index is 13.4. The van der Waals surface area contributed by atoms with E-state index >= 15 is 0 Å². The fraction of sp³-hybridized carbons (Fsp3) is 0.0833. The molecule has 0 fully saturated rings. The second-order valence-electron chi connectivity index (χ2n) is 7.06. The van der Waals surface area contributed by atoms with Gasteiger partial charge in [0.15, 0.2) is 5.16 Å². The van der Waals surface area contributed by atoms with Crippen molar-refractivity contribution in [3.05, 3.63) is 94.1 Å². The highest BCUT2D eigenvalue weighted by atomic mass is 35.5. The van der Waals surface area contributed by atoms with Crippen molar-refractivity contribution in [2.24, 2.45) is 0 Å². The number of thioether (sulfide) groups is 1. The van der Waals surface area contributed by atoms with Crippen molar-refractivity contribution >= 4 is 34.3 Å². The molecule has 0 radical (unpaired) electrons. The van der Waals surface area contributed by atoms with Gasteiger partial charge in [-0.3, -0.25) is 9.36 Å². The van der Waals surface area contributed by atoms with Crippen LogP contribution in [-0.4, -0.2) is 26.8 Å². The van der Waals surface area contributed by atoms with E-state index in [0.717, 1.165) is 5.56 Å². The van der Waals surface area contributed by atoms with Gasteiger partial charge in [0.1, 0.15) is 5.75 Å². The van der Waals surface area contributed by atoms with Crippen molar-refractivity contribution < 1.29 is 9.26 Å². The number of aromatic nitrogens is 4. The van der Waals surface area contributed by atoms with E-state index in [1.807, 2.05) is 48.5 Å². The van der Waals surface area contributed by atoms with Gasteiger partial charge in [-0.2, -0.15) is 4.98 Å². The van der Waals surface area contributed by atoms with Crippen molar-refractivity contribution in [2.75, 3.05) is 7.11 Å². The van der Waals surface area contributed by atoms with E-state index in [1.54, 1.807) is 35.9 Å². The van der Waals surface area contributed by atoms with Crippen LogP contribution in [0.4, 0.5) is 0 Å². The number of methoxy groups -OCH3 is 1. The fourth-order valence-electron chi connectivity index (χ4n) is 3.37. The predicted octanol–water partition coefficient (Wildman–Crippen LogP) is 5.39. The monoisotopic (exact) mass is 476 g/mol. The van der Waals surface area contributed by atoms with Crippen LogP contribution in [-0.2, 0) is 5.75 Å². The largest absolute Gasteiger partial charge is 0.497 e. The highest BCUT2D eigenvalue weighted by Crippen LogP contribution is 2.27. The van der Waals surface area contributed by atoms with Crippen LogP contribution in [0, 0.1) is 0 Å². The summed E-state index contributed by atoms with van der Waals surface area (Å²) in [5.74, 6) is 1.84. The molecule has 0 atom stereocenters. The zero-order valence-corrected chi connectivity index (χ0v) is 19.0. The summed E-state index contributed by atoms with van der Waals surface area (Å²) in [6.45, 7) is 0. The number of nitrogens with zero attached hydrogens (tertiary/aromatic N) is 4. The van der Waals surface area contributed by atoms with E-state index in [-0.39, 0.29) is 5.56 Å². The Bertz CT molecular complexity index is 1520. The lowest BCUT2D eigenvalue weighted by Crippen LogP contribution is -2.21. The third-order valence-electron chi connectivity index (χ3n) is 4.93. The van der Waals surface area contributed by atoms with Gasteiger partial charge in [0.25, 0.3) is 5.56 Å². The van der Waals surface area contributed by atoms with Crippen molar-refractivity contribution in [3.8, 4) is 22.8 Å². The standard InChI is InChI=1S/C24H17ClN4O3S/c1-31-18-9-5-8-17(13-18)29-23(30)19-10-2-3-11-20(19)26-24(29)33-14-21-27-22(28-32-21)15-6-4-7-16(25)12-15/h2-13H,14H2,1H3. The zero-order chi connectivity index (χ0) is 22.8. The zero-order valence-electron chi connectivity index (χ0n) is 17.4. The average Bonchev–Trinajstić information content (AvgIpc) is 3.32. The number of benzene rings is 3. The molecule has 0 saturated carbocycles. The van der Waals surface area contributed by atoms with Gasteiger partial charge in [-0.15, -0.1) is 0 Å². The Morgan fingerprint density at radius 1 is 1.03 bits per heavy atom. The summed E-state index contributed by atoms with van der Waals surface area (Å²) >= 11 is 7.40. The number of para-hydroxylation sites is 1. The molecular formula is C24H17ClN4O3S. The van der Waals surface area contributed by atoms with Crippen molar-refractivity contribution in [1.29, 1.82) is 0 Å². The molecule has 0 aliphatic rings. The molecule has 2 aromatic heterocycles. The van der Waals surface area contributed by atoms with Gasteiger partial charge < -0.3 is 9.26 Å². The Kier molecular flexibility index (Phi) is 5.85. The molecule has 0 saturated heterocycles. The van der Waals surface area contributed by atoms with Crippen LogP contribution in [0.25, 0.3) is 28.0 Å². The predicted molar refractivity (Wildman–Crippen MR) is 128 cm³/mol. The molecule has 0 aliphatic carbocycles. The van der Waals surface area contributed by atoms with E-state index in [9.17, 15) is 4.79 Å². The number of fused-ring (bicyclic) bond motifs is 1. The van der Waals surface area contributed by atoms with Crippen molar-refractivity contribution in [3.63, 3.8) is 0 Å². The molecule has 7 nitrogen and oxygen atoms in total. The Morgan fingerprint density at radius 3 is 2.73 bits per heavy atom. The van der Waals surface area contributed by atoms with Crippen LogP contribution in [0.15, 0.2) is 87.3 Å². The van der Waals surface area contributed by atoms with Crippen molar-refractivity contribution in [1.82, 2.24) is 19.7 Å². The normalized spacial score (nSPS) is 11.1. The number of hydrogen-bond donors (Lipinski definition) is 0. The Morgan fingerprint density at radius 2 is 1.88 bits per heavy atom. The van der Waals surface area contributed by atoms with Gasteiger partial charge in [0, 0.05) is 16.7 Å². The first-order valence-corrected chi connectivity index (χ1v) is 11.4. The molecule has 5 rings (SSSR count). The quantitative estimate of drug-likeness (QED) is 0.240. The molecule has 0 bridgehead atoms. The Balaban J connectivity index is 1.52. The topological polar surface area (TPSA) is 83.0 Å². The molecule has 0 aliphatic heterocycles. The molecular weight excluding hydrogens is 460 g/mol. The highest BCUT2D eigenvalue weighted by Gasteiger charge is 2.16. The number of hydrogen-bond acceptors (Lipinski definition) is 7. The molecule has 0 spiro atoms. The SMILES string of the molecule is COc1cccc(-n2c(SCc3nc(-c4cccc(Cl)c4)no3)nc3ccccc3c2=O)c1. The second kappa shape index (κ2) is 9.09. The summed E-state index contributed by atoms with van der Waals surface area (Å²) in [6.07, 6.45) is 0. The number of rotatable bonds is 6. The van der Waals surface area contributed by atoms with Crippen LogP contribution >= 0.6 is 23.4 Å². The summed E-state index contributed by atoms with van der Waals surface area (Å²) < 4.78 is 12.3. The minimum Gasteiger partial charge on any atom is -0.497 e. The maximum Gasteiger partial charge on any atom is 0.266 e. The number of ether oxygens (including phenoxy) is 1. The van der Waals surface area contributed by atoms with Crippen molar-refractivity contribution in [2.45, 2.75) is 10.9 Å². The fourth-order valence-corrected chi connectivity index (χ4v) is 4.41. The van der Waals surface area contributed by atoms with Crippen LogP contribution < -0.4 is 10.3 Å². The van der Waals surface area contributed by atoms with E-state index in [0.29, 0.717) is 50.0 Å². The summed E-state index contributed by atoms with van der Waals surface area (Å²) in [4.78, 5) is 22.6. The van der Waals surface area contributed by atoms with Gasteiger partial charge in [0.2, 0.25) is 11.7 Å².